The van der Waals surface area contributed by atoms with E-state index in [1.807, 2.05) is 37.3 Å². The zero-order valence-corrected chi connectivity index (χ0v) is 12.9. The monoisotopic (exact) mass is 319 g/mol. The SMILES string of the molecule is CC(NC(=O)CSc1nncs1)c1cc2ccccc2o1. The van der Waals surface area contributed by atoms with Crippen molar-refractivity contribution in [3.63, 3.8) is 0 Å². The Hall–Kier alpha value is -1.86. The molecule has 1 N–H and O–H groups in total. The van der Waals surface area contributed by atoms with Crippen LogP contribution in [-0.2, 0) is 4.79 Å². The fraction of sp³-hybridized carbons (Fsp3) is 0.214. The first-order valence-corrected chi connectivity index (χ1v) is 8.26. The second kappa shape index (κ2) is 6.28. The molecule has 1 aromatic carbocycles. The predicted octanol–water partition coefficient (Wildman–Crippen LogP) is 3.25. The second-order valence-electron chi connectivity index (χ2n) is 4.47. The van der Waals surface area contributed by atoms with E-state index in [9.17, 15) is 4.79 Å². The lowest BCUT2D eigenvalue weighted by atomic mass is 10.2. The molecule has 0 bridgehead atoms. The van der Waals surface area contributed by atoms with E-state index in [2.05, 4.69) is 15.5 Å². The summed E-state index contributed by atoms with van der Waals surface area (Å²) >= 11 is 2.81. The van der Waals surface area contributed by atoms with Crippen LogP contribution in [0.2, 0.25) is 0 Å². The maximum atomic E-state index is 11.9. The minimum absolute atomic E-state index is 0.0526. The van der Waals surface area contributed by atoms with Gasteiger partial charge in [-0.1, -0.05) is 41.3 Å². The van der Waals surface area contributed by atoms with Gasteiger partial charge in [-0.05, 0) is 19.1 Å². The number of thioether (sulfide) groups is 1. The van der Waals surface area contributed by atoms with E-state index in [4.69, 9.17) is 4.42 Å². The summed E-state index contributed by atoms with van der Waals surface area (Å²) in [5, 5.41) is 11.6. The van der Waals surface area contributed by atoms with Gasteiger partial charge in [-0.25, -0.2) is 0 Å². The third kappa shape index (κ3) is 3.43. The first-order valence-electron chi connectivity index (χ1n) is 6.39. The number of amides is 1. The summed E-state index contributed by atoms with van der Waals surface area (Å²) < 4.78 is 6.53. The lowest BCUT2D eigenvalue weighted by Gasteiger charge is -2.10. The highest BCUT2D eigenvalue weighted by atomic mass is 32.2. The maximum Gasteiger partial charge on any atom is 0.231 e. The number of carbonyl (C=O) groups is 1. The molecule has 0 fully saturated rings. The number of nitrogens with zero attached hydrogens (tertiary/aromatic N) is 2. The Bertz CT molecular complexity index is 707. The number of para-hydroxylation sites is 1. The number of hydrogen-bond acceptors (Lipinski definition) is 6. The Morgan fingerprint density at radius 3 is 3.10 bits per heavy atom. The van der Waals surface area contributed by atoms with Crippen molar-refractivity contribution in [2.45, 2.75) is 17.3 Å². The predicted molar refractivity (Wildman–Crippen MR) is 83.4 cm³/mol. The topological polar surface area (TPSA) is 68.0 Å². The normalized spacial score (nSPS) is 12.4. The van der Waals surface area contributed by atoms with Crippen molar-refractivity contribution in [1.82, 2.24) is 15.5 Å². The summed E-state index contributed by atoms with van der Waals surface area (Å²) in [5.41, 5.74) is 2.48. The smallest absolute Gasteiger partial charge is 0.231 e. The van der Waals surface area contributed by atoms with Crippen LogP contribution in [0.3, 0.4) is 0 Å². The number of rotatable bonds is 5. The quantitative estimate of drug-likeness (QED) is 0.731. The molecule has 108 valence electrons. The third-order valence-corrected chi connectivity index (χ3v) is 4.78. The Labute approximate surface area is 129 Å². The number of carbonyl (C=O) groups excluding carboxylic acids is 1. The van der Waals surface area contributed by atoms with Crippen LogP contribution in [0.15, 0.2) is 44.6 Å². The Morgan fingerprint density at radius 2 is 2.33 bits per heavy atom. The van der Waals surface area contributed by atoms with Gasteiger partial charge in [0, 0.05) is 5.39 Å². The highest BCUT2D eigenvalue weighted by molar-refractivity contribution is 8.01. The molecule has 1 unspecified atom stereocenters. The molecule has 0 aliphatic carbocycles. The number of hydrogen-bond donors (Lipinski definition) is 1. The van der Waals surface area contributed by atoms with Gasteiger partial charge in [0.2, 0.25) is 5.91 Å². The largest absolute Gasteiger partial charge is 0.459 e. The molecule has 1 atom stereocenters. The number of nitrogens with one attached hydrogen (secondary N) is 1. The number of furan rings is 1. The Morgan fingerprint density at radius 1 is 1.48 bits per heavy atom. The van der Waals surface area contributed by atoms with Crippen molar-refractivity contribution in [3.05, 3.63) is 41.6 Å². The number of fused-ring (bicyclic) bond motifs is 1. The molecule has 5 nitrogen and oxygen atoms in total. The lowest BCUT2D eigenvalue weighted by Crippen LogP contribution is -2.27. The molecular weight excluding hydrogens is 306 g/mol. The molecule has 21 heavy (non-hydrogen) atoms. The molecule has 3 aromatic rings. The minimum Gasteiger partial charge on any atom is -0.459 e. The van der Waals surface area contributed by atoms with E-state index in [-0.39, 0.29) is 11.9 Å². The molecule has 0 aliphatic heterocycles. The van der Waals surface area contributed by atoms with Crippen molar-refractivity contribution in [2.24, 2.45) is 0 Å². The average molecular weight is 319 g/mol. The number of benzene rings is 1. The van der Waals surface area contributed by atoms with Crippen LogP contribution in [0.5, 0.6) is 0 Å². The first-order chi connectivity index (χ1) is 10.2. The van der Waals surface area contributed by atoms with E-state index in [1.165, 1.54) is 23.1 Å². The van der Waals surface area contributed by atoms with Crippen molar-refractivity contribution < 1.29 is 9.21 Å². The summed E-state index contributed by atoms with van der Waals surface area (Å²) in [5.74, 6) is 1.02. The fourth-order valence-corrected chi connectivity index (χ4v) is 3.22. The van der Waals surface area contributed by atoms with E-state index in [1.54, 1.807) is 5.51 Å². The molecule has 0 saturated heterocycles. The molecule has 0 saturated carbocycles. The summed E-state index contributed by atoms with van der Waals surface area (Å²) in [6.07, 6.45) is 0. The van der Waals surface area contributed by atoms with E-state index in [0.29, 0.717) is 5.75 Å². The van der Waals surface area contributed by atoms with E-state index in [0.717, 1.165) is 21.1 Å². The molecule has 0 radical (unpaired) electrons. The molecule has 0 aliphatic rings. The Balaban J connectivity index is 1.60. The highest BCUT2D eigenvalue weighted by Crippen LogP contribution is 2.24. The van der Waals surface area contributed by atoms with Crippen LogP contribution in [0.25, 0.3) is 11.0 Å². The van der Waals surface area contributed by atoms with Gasteiger partial charge >= 0.3 is 0 Å². The van der Waals surface area contributed by atoms with Crippen LogP contribution < -0.4 is 5.32 Å². The van der Waals surface area contributed by atoms with Crippen LogP contribution in [0, 0.1) is 0 Å². The average Bonchev–Trinajstić information content (AvgIpc) is 3.14. The zero-order chi connectivity index (χ0) is 14.7. The van der Waals surface area contributed by atoms with Gasteiger partial charge in [0.15, 0.2) is 4.34 Å². The van der Waals surface area contributed by atoms with Gasteiger partial charge in [-0.2, -0.15) is 0 Å². The van der Waals surface area contributed by atoms with Crippen molar-refractivity contribution in [1.29, 1.82) is 0 Å². The fourth-order valence-electron chi connectivity index (χ4n) is 1.92. The lowest BCUT2D eigenvalue weighted by molar-refractivity contribution is -0.119. The van der Waals surface area contributed by atoms with Gasteiger partial charge in [0.25, 0.3) is 0 Å². The van der Waals surface area contributed by atoms with Crippen LogP contribution >= 0.6 is 23.1 Å². The minimum atomic E-state index is -0.167. The number of aromatic nitrogens is 2. The molecular formula is C14H13N3O2S2. The van der Waals surface area contributed by atoms with Crippen LogP contribution in [-0.4, -0.2) is 21.9 Å². The molecule has 2 aromatic heterocycles. The van der Waals surface area contributed by atoms with Gasteiger partial charge in [-0.3, -0.25) is 4.79 Å². The van der Waals surface area contributed by atoms with Crippen molar-refractivity contribution >= 4 is 40.0 Å². The second-order valence-corrected chi connectivity index (χ2v) is 6.52. The van der Waals surface area contributed by atoms with Gasteiger partial charge in [0.1, 0.15) is 16.9 Å². The van der Waals surface area contributed by atoms with Gasteiger partial charge in [0.05, 0.1) is 11.8 Å². The third-order valence-electron chi connectivity index (χ3n) is 2.92. The molecule has 2 heterocycles. The standard InChI is InChI=1S/C14H13N3O2S2/c1-9(12-6-10-4-2-3-5-11(10)19-12)16-13(18)7-20-14-17-15-8-21-14/h2-6,8-9H,7H2,1H3,(H,16,18). The molecule has 3 rings (SSSR count). The molecule has 1 amide bonds. The summed E-state index contributed by atoms with van der Waals surface area (Å²) in [4.78, 5) is 11.9. The van der Waals surface area contributed by atoms with Gasteiger partial charge in [-0.15, -0.1) is 10.2 Å². The Kier molecular flexibility index (Phi) is 4.21. The summed E-state index contributed by atoms with van der Waals surface area (Å²) in [6.45, 7) is 1.91. The van der Waals surface area contributed by atoms with Crippen molar-refractivity contribution in [2.75, 3.05) is 5.75 Å². The van der Waals surface area contributed by atoms with E-state index >= 15 is 0 Å². The maximum absolute atomic E-state index is 11.9. The van der Waals surface area contributed by atoms with Crippen LogP contribution in [0.4, 0.5) is 0 Å². The van der Waals surface area contributed by atoms with Crippen LogP contribution in [0.1, 0.15) is 18.7 Å². The highest BCUT2D eigenvalue weighted by Gasteiger charge is 2.14. The zero-order valence-electron chi connectivity index (χ0n) is 11.3. The summed E-state index contributed by atoms with van der Waals surface area (Å²) in [6, 6.07) is 9.58. The molecule has 0 spiro atoms. The van der Waals surface area contributed by atoms with E-state index < -0.39 is 0 Å². The molecule has 7 heteroatoms. The first kappa shape index (κ1) is 14.1. The summed E-state index contributed by atoms with van der Waals surface area (Å²) in [7, 11) is 0. The van der Waals surface area contributed by atoms with Crippen molar-refractivity contribution in [3.8, 4) is 0 Å². The van der Waals surface area contributed by atoms with Gasteiger partial charge < -0.3 is 9.73 Å².